The average molecular weight is 521 g/mol. The first kappa shape index (κ1) is 27.4. The molecule has 0 bridgehead atoms. The predicted molar refractivity (Wildman–Crippen MR) is 138 cm³/mol. The molecule has 4 aliphatic rings. The molecule has 202 valence electrons. The molecule has 5 unspecified atom stereocenters. The Morgan fingerprint density at radius 2 is 1.95 bits per heavy atom. The molecule has 5 nitrogen and oxygen atoms in total. The molecule has 0 aromatic rings. The van der Waals surface area contributed by atoms with Gasteiger partial charge in [0.2, 0.25) is 0 Å². The Labute approximate surface area is 215 Å². The van der Waals surface area contributed by atoms with E-state index in [2.05, 4.69) is 40.9 Å². The van der Waals surface area contributed by atoms with Crippen LogP contribution in [0.5, 0.6) is 0 Å². The quantitative estimate of drug-likeness (QED) is 0.260. The van der Waals surface area contributed by atoms with Gasteiger partial charge in [0.1, 0.15) is 18.1 Å². The Kier molecular flexibility index (Phi) is 8.75. The zero-order valence-corrected chi connectivity index (χ0v) is 21.3. The van der Waals surface area contributed by atoms with E-state index in [1.807, 2.05) is 24.6 Å². The highest BCUT2D eigenvalue weighted by Gasteiger charge is 2.41. The van der Waals surface area contributed by atoms with Crippen molar-refractivity contribution in [3.8, 4) is 0 Å². The van der Waals surface area contributed by atoms with E-state index in [9.17, 15) is 22.7 Å². The van der Waals surface area contributed by atoms with Gasteiger partial charge in [-0.25, -0.2) is 4.39 Å². The Morgan fingerprint density at radius 3 is 2.62 bits per heavy atom. The number of alkyl halides is 3. The largest absolute Gasteiger partial charge is 0.408 e. The van der Waals surface area contributed by atoms with Crippen molar-refractivity contribution in [2.45, 2.75) is 89.3 Å². The first-order valence-corrected chi connectivity index (χ1v) is 13.0. The lowest BCUT2D eigenvalue weighted by Gasteiger charge is -2.32. The van der Waals surface area contributed by atoms with Crippen molar-refractivity contribution in [1.82, 2.24) is 16.0 Å². The van der Waals surface area contributed by atoms with Crippen LogP contribution >= 0.6 is 0 Å². The van der Waals surface area contributed by atoms with Crippen LogP contribution < -0.4 is 16.0 Å². The standard InChI is InChI=1S/C28H36F4N4O/c1-17-6-11-22(16-24(17)34-18(2)19-12-14-33-15-13-19)35-27(37)23-4-3-5-25(28(30,31)32)36-26(23)20-7-9-21(29)10-8-20/h6-7,9,11-12,14-15,18-19,24-25,27,34-37H,3-5,8,10,13,16H2,1-2H3. The molecule has 5 atom stereocenters. The van der Waals surface area contributed by atoms with Crippen molar-refractivity contribution < 1.29 is 22.7 Å². The monoisotopic (exact) mass is 520 g/mol. The maximum absolute atomic E-state index is 13.7. The third-order valence-electron chi connectivity index (χ3n) is 7.58. The third kappa shape index (κ3) is 7.02. The predicted octanol–water partition coefficient (Wildman–Crippen LogP) is 5.61. The fourth-order valence-electron chi connectivity index (χ4n) is 5.25. The van der Waals surface area contributed by atoms with Gasteiger partial charge >= 0.3 is 6.18 Å². The van der Waals surface area contributed by atoms with Crippen molar-refractivity contribution in [3.63, 3.8) is 0 Å². The number of nitrogens with zero attached hydrogens (tertiary/aromatic N) is 1. The van der Waals surface area contributed by atoms with Gasteiger partial charge in [-0.05, 0) is 69.6 Å². The molecule has 37 heavy (non-hydrogen) atoms. The molecule has 2 aliphatic heterocycles. The molecule has 4 N–H and O–H groups in total. The minimum atomic E-state index is -4.42. The summed E-state index contributed by atoms with van der Waals surface area (Å²) < 4.78 is 54.6. The van der Waals surface area contributed by atoms with Crippen LogP contribution in [0.1, 0.15) is 58.8 Å². The smallest absolute Gasteiger partial charge is 0.374 e. The number of halogens is 4. The lowest BCUT2D eigenvalue weighted by molar-refractivity contribution is -0.155. The summed E-state index contributed by atoms with van der Waals surface area (Å²) in [6.07, 6.45) is 9.37. The zero-order valence-electron chi connectivity index (χ0n) is 21.3. The molecule has 0 radical (unpaired) electrons. The molecule has 0 fully saturated rings. The van der Waals surface area contributed by atoms with Gasteiger partial charge in [0.25, 0.3) is 0 Å². The summed E-state index contributed by atoms with van der Waals surface area (Å²) >= 11 is 0. The van der Waals surface area contributed by atoms with Crippen molar-refractivity contribution in [2.75, 3.05) is 0 Å². The van der Waals surface area contributed by atoms with Crippen molar-refractivity contribution >= 4 is 6.21 Å². The number of allylic oxidation sites excluding steroid dienone is 6. The van der Waals surface area contributed by atoms with E-state index < -0.39 is 18.4 Å². The third-order valence-corrected chi connectivity index (χ3v) is 7.58. The Balaban J connectivity index is 1.51. The summed E-state index contributed by atoms with van der Waals surface area (Å²) in [6.45, 7) is 4.20. The minimum Gasteiger partial charge on any atom is -0.374 e. The number of aliphatic hydroxyl groups is 1. The van der Waals surface area contributed by atoms with E-state index in [-0.39, 0.29) is 49.3 Å². The van der Waals surface area contributed by atoms with Crippen LogP contribution in [0.2, 0.25) is 0 Å². The molecule has 0 spiro atoms. The summed E-state index contributed by atoms with van der Waals surface area (Å²) in [5, 5.41) is 20.7. The lowest BCUT2D eigenvalue weighted by Crippen LogP contribution is -2.44. The number of rotatable bonds is 7. The normalized spacial score (nSPS) is 28.4. The molecule has 0 aromatic heterocycles. The number of nitrogens with one attached hydrogen (secondary N) is 3. The first-order valence-electron chi connectivity index (χ1n) is 13.0. The van der Waals surface area contributed by atoms with Crippen molar-refractivity contribution in [1.29, 1.82) is 0 Å². The van der Waals surface area contributed by atoms with Crippen LogP contribution in [0.4, 0.5) is 17.6 Å². The Morgan fingerprint density at radius 1 is 1.14 bits per heavy atom. The zero-order chi connectivity index (χ0) is 26.6. The highest BCUT2D eigenvalue weighted by atomic mass is 19.4. The summed E-state index contributed by atoms with van der Waals surface area (Å²) in [5.41, 5.74) is 3.31. The van der Waals surface area contributed by atoms with E-state index in [1.54, 1.807) is 0 Å². The summed E-state index contributed by atoms with van der Waals surface area (Å²) in [4.78, 5) is 4.14. The molecule has 4 rings (SSSR count). The van der Waals surface area contributed by atoms with Gasteiger partial charge in [0, 0.05) is 54.3 Å². The number of aliphatic hydroxyl groups excluding tert-OH is 1. The van der Waals surface area contributed by atoms with Crippen LogP contribution in [0, 0.1) is 5.92 Å². The molecule has 2 heterocycles. The fraction of sp³-hybridized carbons (Fsp3) is 0.536. The van der Waals surface area contributed by atoms with Gasteiger partial charge in [0.05, 0.1) is 0 Å². The highest BCUT2D eigenvalue weighted by molar-refractivity contribution is 5.60. The lowest BCUT2D eigenvalue weighted by atomic mass is 9.92. The average Bonchev–Trinajstić information content (AvgIpc) is 3.11. The SMILES string of the molecule is CC1=CC=C(NC(O)C2=C(C3=CC=C(F)CC3)NC(C(F)(F)F)CCC2)CC1NC(C)C1C=CN=CC1. The molecule has 9 heteroatoms. The maximum Gasteiger partial charge on any atom is 0.408 e. The molecular weight excluding hydrogens is 484 g/mol. The maximum atomic E-state index is 13.7. The van der Waals surface area contributed by atoms with Crippen molar-refractivity contribution in [3.05, 3.63) is 70.5 Å². The van der Waals surface area contributed by atoms with E-state index in [0.29, 0.717) is 29.9 Å². The molecule has 2 aliphatic carbocycles. The van der Waals surface area contributed by atoms with Crippen LogP contribution in [0.15, 0.2) is 75.5 Å². The van der Waals surface area contributed by atoms with Gasteiger partial charge in [-0.3, -0.25) is 4.99 Å². The number of hydrogen-bond acceptors (Lipinski definition) is 5. The second kappa shape index (κ2) is 11.8. The van der Waals surface area contributed by atoms with Gasteiger partial charge in [-0.2, -0.15) is 13.2 Å². The molecule has 0 amide bonds. The van der Waals surface area contributed by atoms with Gasteiger partial charge in [-0.1, -0.05) is 23.8 Å². The van der Waals surface area contributed by atoms with E-state index in [0.717, 1.165) is 12.1 Å². The highest BCUT2D eigenvalue weighted by Crippen LogP contribution is 2.35. The second-order valence-electron chi connectivity index (χ2n) is 10.3. The van der Waals surface area contributed by atoms with E-state index in [4.69, 9.17) is 0 Å². The number of hydrogen-bond donors (Lipinski definition) is 4. The minimum absolute atomic E-state index is 0.0615. The van der Waals surface area contributed by atoms with Gasteiger partial charge < -0.3 is 21.1 Å². The number of aliphatic imine (C=N–C) groups is 1. The van der Waals surface area contributed by atoms with Crippen LogP contribution in [-0.4, -0.2) is 41.9 Å². The van der Waals surface area contributed by atoms with Gasteiger partial charge in [0.15, 0.2) is 0 Å². The molecular formula is C28H36F4N4O. The second-order valence-corrected chi connectivity index (χ2v) is 10.3. The Hall–Kier alpha value is -2.65. The molecule has 0 saturated heterocycles. The van der Waals surface area contributed by atoms with Crippen LogP contribution in [0.25, 0.3) is 0 Å². The fourth-order valence-corrected chi connectivity index (χ4v) is 5.25. The van der Waals surface area contributed by atoms with Crippen LogP contribution in [-0.2, 0) is 0 Å². The van der Waals surface area contributed by atoms with E-state index >= 15 is 0 Å². The van der Waals surface area contributed by atoms with Gasteiger partial charge in [-0.15, -0.1) is 0 Å². The summed E-state index contributed by atoms with van der Waals surface area (Å²) in [5.74, 6) is 0.0380. The van der Waals surface area contributed by atoms with E-state index in [1.165, 1.54) is 17.7 Å². The molecule has 0 aromatic carbocycles. The van der Waals surface area contributed by atoms with Crippen LogP contribution in [0.3, 0.4) is 0 Å². The molecule has 0 saturated carbocycles. The summed E-state index contributed by atoms with van der Waals surface area (Å²) in [6, 6.07) is -1.43. The first-order chi connectivity index (χ1) is 17.6. The summed E-state index contributed by atoms with van der Waals surface area (Å²) in [7, 11) is 0. The topological polar surface area (TPSA) is 68.7 Å². The van der Waals surface area contributed by atoms with Crippen molar-refractivity contribution in [2.24, 2.45) is 10.9 Å². The Bertz CT molecular complexity index is 1070.